The molecule has 1 atom stereocenters. The van der Waals surface area contributed by atoms with Crippen LogP contribution in [0.4, 0.5) is 0 Å². The zero-order valence-electron chi connectivity index (χ0n) is 16.4. The maximum Gasteiger partial charge on any atom is 0.204 e. The normalized spacial score (nSPS) is 17.7. The van der Waals surface area contributed by atoms with Gasteiger partial charge in [0.2, 0.25) is 5.75 Å². The van der Waals surface area contributed by atoms with E-state index in [1.807, 2.05) is 12.1 Å². The lowest BCUT2D eigenvalue weighted by Gasteiger charge is -2.41. The quantitative estimate of drug-likeness (QED) is 0.891. The van der Waals surface area contributed by atoms with Crippen molar-refractivity contribution in [2.24, 2.45) is 0 Å². The zero-order chi connectivity index (χ0) is 19.3. The van der Waals surface area contributed by atoms with E-state index in [0.29, 0.717) is 23.0 Å². The molecule has 2 aromatic carbocycles. The van der Waals surface area contributed by atoms with Crippen LogP contribution in [0, 0.1) is 0 Å². The van der Waals surface area contributed by atoms with Gasteiger partial charge < -0.3 is 24.1 Å². The van der Waals surface area contributed by atoms with Crippen molar-refractivity contribution in [1.29, 1.82) is 0 Å². The molecule has 1 aliphatic carbocycles. The molecule has 0 saturated heterocycles. The number of likely N-dealkylation sites (N-methyl/N-ethyl adjacent to an activating group) is 1. The standard InChI is InChI=1S/C21H25NO5/c1-22-7-6-12-17-14(22)8-11-9-15(24-2)16(25-3)10-13(11)18(17)19(23)21(27-5)20(12)26-4/h9-10,14,23H,6-8H2,1-5H3. The number of aromatic hydroxyl groups is 1. The van der Waals surface area contributed by atoms with Crippen LogP contribution in [0.15, 0.2) is 12.1 Å². The van der Waals surface area contributed by atoms with E-state index in [1.165, 1.54) is 0 Å². The molecule has 2 aliphatic rings. The molecule has 0 spiro atoms. The van der Waals surface area contributed by atoms with Gasteiger partial charge in [-0.2, -0.15) is 0 Å². The largest absolute Gasteiger partial charge is 0.504 e. The molecule has 6 nitrogen and oxygen atoms in total. The highest BCUT2D eigenvalue weighted by atomic mass is 16.5. The van der Waals surface area contributed by atoms with Crippen LogP contribution in [-0.2, 0) is 12.8 Å². The number of phenols is 1. The Kier molecular flexibility index (Phi) is 4.30. The Hall–Kier alpha value is -2.60. The number of phenolic OH excluding ortho intramolecular Hbond substituents is 1. The Morgan fingerprint density at radius 1 is 0.963 bits per heavy atom. The molecule has 0 bridgehead atoms. The molecule has 4 rings (SSSR count). The summed E-state index contributed by atoms with van der Waals surface area (Å²) in [6.45, 7) is 0.921. The summed E-state index contributed by atoms with van der Waals surface area (Å²) in [6, 6.07) is 4.12. The van der Waals surface area contributed by atoms with E-state index in [4.69, 9.17) is 18.9 Å². The third-order valence-electron chi connectivity index (χ3n) is 5.81. The smallest absolute Gasteiger partial charge is 0.204 e. The van der Waals surface area contributed by atoms with Gasteiger partial charge in [0.25, 0.3) is 0 Å². The van der Waals surface area contributed by atoms with Crippen molar-refractivity contribution in [2.45, 2.75) is 18.9 Å². The van der Waals surface area contributed by atoms with Gasteiger partial charge in [0.15, 0.2) is 23.0 Å². The molecular weight excluding hydrogens is 346 g/mol. The number of benzene rings is 2. The van der Waals surface area contributed by atoms with Crippen LogP contribution in [0.5, 0.6) is 28.7 Å². The van der Waals surface area contributed by atoms with Crippen LogP contribution in [0.25, 0.3) is 11.1 Å². The molecule has 1 heterocycles. The average molecular weight is 371 g/mol. The molecule has 1 N–H and O–H groups in total. The van der Waals surface area contributed by atoms with Crippen LogP contribution in [0.1, 0.15) is 22.7 Å². The van der Waals surface area contributed by atoms with Crippen LogP contribution < -0.4 is 18.9 Å². The highest BCUT2D eigenvalue weighted by molar-refractivity contribution is 5.86. The summed E-state index contributed by atoms with van der Waals surface area (Å²) in [7, 11) is 8.56. The van der Waals surface area contributed by atoms with Crippen molar-refractivity contribution in [2.75, 3.05) is 42.0 Å². The highest BCUT2D eigenvalue weighted by Gasteiger charge is 2.39. The molecule has 0 fully saturated rings. The Balaban J connectivity index is 2.09. The second-order valence-electron chi connectivity index (χ2n) is 7.00. The van der Waals surface area contributed by atoms with Gasteiger partial charge in [0.05, 0.1) is 28.4 Å². The van der Waals surface area contributed by atoms with Crippen LogP contribution in [-0.4, -0.2) is 52.0 Å². The monoisotopic (exact) mass is 371 g/mol. The first-order chi connectivity index (χ1) is 13.0. The minimum Gasteiger partial charge on any atom is -0.504 e. The van der Waals surface area contributed by atoms with Gasteiger partial charge in [-0.3, -0.25) is 4.90 Å². The molecule has 6 heteroatoms. The lowest BCUT2D eigenvalue weighted by atomic mass is 9.76. The molecule has 144 valence electrons. The fourth-order valence-electron chi connectivity index (χ4n) is 4.51. The SMILES string of the molecule is COc1cc2c(cc1OC)-c1c(O)c(OC)c(OC)c3c1C(C2)N(C)CC3. The molecule has 0 amide bonds. The Morgan fingerprint density at radius 2 is 1.63 bits per heavy atom. The average Bonchev–Trinajstić information content (AvgIpc) is 2.69. The summed E-state index contributed by atoms with van der Waals surface area (Å²) < 4.78 is 22.2. The number of hydrogen-bond donors (Lipinski definition) is 1. The van der Waals surface area contributed by atoms with Gasteiger partial charge >= 0.3 is 0 Å². The number of nitrogens with zero attached hydrogens (tertiary/aromatic N) is 1. The van der Waals surface area contributed by atoms with E-state index in [-0.39, 0.29) is 11.8 Å². The third kappa shape index (κ3) is 2.43. The van der Waals surface area contributed by atoms with Crippen LogP contribution >= 0.6 is 0 Å². The lowest BCUT2D eigenvalue weighted by Crippen LogP contribution is -2.36. The van der Waals surface area contributed by atoms with Crippen molar-refractivity contribution in [1.82, 2.24) is 4.90 Å². The maximum absolute atomic E-state index is 11.1. The summed E-state index contributed by atoms with van der Waals surface area (Å²) in [6.07, 6.45) is 1.68. The van der Waals surface area contributed by atoms with Crippen LogP contribution in [0.3, 0.4) is 0 Å². The Morgan fingerprint density at radius 3 is 2.26 bits per heavy atom. The number of hydrogen-bond acceptors (Lipinski definition) is 6. The summed E-state index contributed by atoms with van der Waals surface area (Å²) in [4.78, 5) is 2.33. The fraction of sp³-hybridized carbons (Fsp3) is 0.429. The van der Waals surface area contributed by atoms with Gasteiger partial charge in [-0.1, -0.05) is 0 Å². The first kappa shape index (κ1) is 17.8. The molecule has 1 unspecified atom stereocenters. The lowest BCUT2D eigenvalue weighted by molar-refractivity contribution is 0.222. The predicted octanol–water partition coefficient (Wildman–Crippen LogP) is 3.18. The first-order valence-electron chi connectivity index (χ1n) is 9.00. The van der Waals surface area contributed by atoms with Crippen molar-refractivity contribution in [3.8, 4) is 39.9 Å². The fourth-order valence-corrected chi connectivity index (χ4v) is 4.51. The maximum atomic E-state index is 11.1. The van der Waals surface area contributed by atoms with Gasteiger partial charge in [0, 0.05) is 23.7 Å². The summed E-state index contributed by atoms with van der Waals surface area (Å²) in [5.41, 5.74) is 5.12. The van der Waals surface area contributed by atoms with Crippen molar-refractivity contribution < 1.29 is 24.1 Å². The van der Waals surface area contributed by atoms with Crippen molar-refractivity contribution >= 4 is 0 Å². The van der Waals surface area contributed by atoms with E-state index in [1.54, 1.807) is 28.4 Å². The predicted molar refractivity (Wildman–Crippen MR) is 103 cm³/mol. The summed E-state index contributed by atoms with van der Waals surface area (Å²) in [5, 5.41) is 11.1. The van der Waals surface area contributed by atoms with Crippen molar-refractivity contribution in [3.63, 3.8) is 0 Å². The molecular formula is C21H25NO5. The Labute approximate surface area is 159 Å². The minimum absolute atomic E-state index is 0.113. The third-order valence-corrected chi connectivity index (χ3v) is 5.81. The van der Waals surface area contributed by atoms with E-state index < -0.39 is 0 Å². The summed E-state index contributed by atoms with van der Waals surface area (Å²) in [5.74, 6) is 2.47. The Bertz CT molecular complexity index is 908. The first-order valence-corrected chi connectivity index (χ1v) is 9.00. The molecule has 0 saturated carbocycles. The van der Waals surface area contributed by atoms with E-state index in [9.17, 15) is 5.11 Å². The number of fused-ring (bicyclic) bond motifs is 2. The van der Waals surface area contributed by atoms with Gasteiger partial charge in [-0.25, -0.2) is 0 Å². The zero-order valence-corrected chi connectivity index (χ0v) is 16.4. The van der Waals surface area contributed by atoms with Gasteiger partial charge in [-0.05, 0) is 48.7 Å². The van der Waals surface area contributed by atoms with Gasteiger partial charge in [0.1, 0.15) is 0 Å². The number of methoxy groups -OCH3 is 4. The van der Waals surface area contributed by atoms with Crippen molar-refractivity contribution in [3.05, 3.63) is 28.8 Å². The topological polar surface area (TPSA) is 60.4 Å². The van der Waals surface area contributed by atoms with E-state index in [2.05, 4.69) is 11.9 Å². The van der Waals surface area contributed by atoms with Crippen LogP contribution in [0.2, 0.25) is 0 Å². The second-order valence-corrected chi connectivity index (χ2v) is 7.00. The molecule has 27 heavy (non-hydrogen) atoms. The molecule has 0 aromatic heterocycles. The molecule has 1 aliphatic heterocycles. The number of rotatable bonds is 4. The minimum atomic E-state index is 0.113. The summed E-state index contributed by atoms with van der Waals surface area (Å²) >= 11 is 0. The van der Waals surface area contributed by atoms with E-state index in [0.717, 1.165) is 47.2 Å². The molecule has 2 aromatic rings. The highest BCUT2D eigenvalue weighted by Crippen LogP contribution is 2.57. The van der Waals surface area contributed by atoms with Gasteiger partial charge in [-0.15, -0.1) is 0 Å². The molecule has 0 radical (unpaired) electrons. The number of ether oxygens (including phenoxy) is 4. The second kappa shape index (κ2) is 6.53. The van der Waals surface area contributed by atoms with E-state index >= 15 is 0 Å².